The Labute approximate surface area is 108 Å². The number of rotatable bonds is 4. The Morgan fingerprint density at radius 3 is 2.61 bits per heavy atom. The van der Waals surface area contributed by atoms with Gasteiger partial charge in [-0.05, 0) is 38.1 Å². The predicted octanol–water partition coefficient (Wildman–Crippen LogP) is 1.42. The average molecular weight is 248 g/mol. The van der Waals surface area contributed by atoms with Crippen molar-refractivity contribution < 1.29 is 9.53 Å². The van der Waals surface area contributed by atoms with Crippen LogP contribution in [0.15, 0.2) is 30.3 Å². The fourth-order valence-corrected chi connectivity index (χ4v) is 2.40. The fourth-order valence-electron chi connectivity index (χ4n) is 2.40. The minimum absolute atomic E-state index is 0.0376. The monoisotopic (exact) mass is 248 g/mol. The van der Waals surface area contributed by atoms with Gasteiger partial charge in [0.05, 0.1) is 0 Å². The first-order chi connectivity index (χ1) is 8.83. The summed E-state index contributed by atoms with van der Waals surface area (Å²) in [6.07, 6.45) is 1.98. The number of ether oxygens (including phenoxy) is 1. The molecule has 0 unspecified atom stereocenters. The summed E-state index contributed by atoms with van der Waals surface area (Å²) in [5, 5.41) is 3.32. The Bertz CT molecular complexity index is 375. The lowest BCUT2D eigenvalue weighted by molar-refractivity contribution is -0.122. The summed E-state index contributed by atoms with van der Waals surface area (Å²) in [5.41, 5.74) is 0.964. The van der Waals surface area contributed by atoms with Gasteiger partial charge in [-0.2, -0.15) is 0 Å². The molecular weight excluding hydrogens is 228 g/mol. The van der Waals surface area contributed by atoms with Crippen molar-refractivity contribution in [3.8, 4) is 0 Å². The summed E-state index contributed by atoms with van der Waals surface area (Å²) in [6.45, 7) is 2.07. The van der Waals surface area contributed by atoms with Crippen molar-refractivity contribution >= 4 is 11.6 Å². The molecule has 1 N–H and O–H groups in total. The van der Waals surface area contributed by atoms with E-state index in [2.05, 4.69) is 5.32 Å². The third-order valence-electron chi connectivity index (χ3n) is 3.24. The molecular formula is C14H20N2O2. The summed E-state index contributed by atoms with van der Waals surface area (Å²) in [5.74, 6) is 0.0376. The molecule has 0 atom stereocenters. The highest BCUT2D eigenvalue weighted by molar-refractivity contribution is 5.94. The first-order valence-electron chi connectivity index (χ1n) is 6.39. The van der Waals surface area contributed by atoms with Crippen LogP contribution in [0, 0.1) is 0 Å². The summed E-state index contributed by atoms with van der Waals surface area (Å²) in [6, 6.07) is 10.1. The Morgan fingerprint density at radius 2 is 2.00 bits per heavy atom. The van der Waals surface area contributed by atoms with E-state index in [1.165, 1.54) is 0 Å². The number of piperidine rings is 1. The Balaban J connectivity index is 2.19. The minimum atomic E-state index is 0.0376. The van der Waals surface area contributed by atoms with Crippen molar-refractivity contribution in [2.75, 3.05) is 31.7 Å². The van der Waals surface area contributed by atoms with E-state index in [-0.39, 0.29) is 18.6 Å². The molecule has 2 rings (SSSR count). The largest absolute Gasteiger partial charge is 0.375 e. The third-order valence-corrected chi connectivity index (χ3v) is 3.24. The number of para-hydroxylation sites is 1. The van der Waals surface area contributed by atoms with Gasteiger partial charge in [-0.25, -0.2) is 0 Å². The Hall–Kier alpha value is -1.39. The van der Waals surface area contributed by atoms with Crippen LogP contribution in [0.3, 0.4) is 0 Å². The standard InChI is InChI=1S/C14H20N2O2/c1-18-11-14(17)16(12-5-3-2-4-6-12)13-7-9-15-10-8-13/h2-6,13,15H,7-11H2,1H3. The second kappa shape index (κ2) is 6.52. The maximum atomic E-state index is 12.2. The SMILES string of the molecule is COCC(=O)N(c1ccccc1)C1CCNCC1. The molecule has 18 heavy (non-hydrogen) atoms. The van der Waals surface area contributed by atoms with Gasteiger partial charge in [0.1, 0.15) is 6.61 Å². The lowest BCUT2D eigenvalue weighted by Crippen LogP contribution is -2.47. The van der Waals surface area contributed by atoms with Gasteiger partial charge in [0.25, 0.3) is 5.91 Å². The molecule has 1 aliphatic heterocycles. The first-order valence-corrected chi connectivity index (χ1v) is 6.39. The average Bonchev–Trinajstić information content (AvgIpc) is 2.42. The van der Waals surface area contributed by atoms with Gasteiger partial charge in [-0.3, -0.25) is 4.79 Å². The molecule has 98 valence electrons. The molecule has 1 aromatic rings. The van der Waals surface area contributed by atoms with E-state index in [1.54, 1.807) is 7.11 Å². The molecule has 0 bridgehead atoms. The molecule has 1 saturated heterocycles. The number of hydrogen-bond donors (Lipinski definition) is 1. The summed E-state index contributed by atoms with van der Waals surface area (Å²) >= 11 is 0. The minimum Gasteiger partial charge on any atom is -0.375 e. The molecule has 4 heteroatoms. The molecule has 0 spiro atoms. The topological polar surface area (TPSA) is 41.6 Å². The van der Waals surface area contributed by atoms with Crippen molar-refractivity contribution in [2.45, 2.75) is 18.9 Å². The van der Waals surface area contributed by atoms with E-state index >= 15 is 0 Å². The summed E-state index contributed by atoms with van der Waals surface area (Å²) in [7, 11) is 1.56. The molecule has 4 nitrogen and oxygen atoms in total. The molecule has 1 fully saturated rings. The van der Waals surface area contributed by atoms with Crippen molar-refractivity contribution in [3.63, 3.8) is 0 Å². The molecule has 0 saturated carbocycles. The van der Waals surface area contributed by atoms with Gasteiger partial charge in [-0.15, -0.1) is 0 Å². The maximum Gasteiger partial charge on any atom is 0.253 e. The molecule has 1 heterocycles. The van der Waals surface area contributed by atoms with Gasteiger partial charge < -0.3 is 15.0 Å². The zero-order valence-corrected chi connectivity index (χ0v) is 10.8. The number of amides is 1. The molecule has 1 aliphatic rings. The van der Waals surface area contributed by atoms with Gasteiger partial charge in [-0.1, -0.05) is 18.2 Å². The number of benzene rings is 1. The van der Waals surface area contributed by atoms with E-state index in [0.29, 0.717) is 0 Å². The van der Waals surface area contributed by atoms with Crippen LogP contribution in [-0.2, 0) is 9.53 Å². The number of anilines is 1. The summed E-state index contributed by atoms with van der Waals surface area (Å²) in [4.78, 5) is 14.1. The van der Waals surface area contributed by atoms with Crippen LogP contribution in [0.25, 0.3) is 0 Å². The zero-order chi connectivity index (χ0) is 12.8. The van der Waals surface area contributed by atoms with Crippen molar-refractivity contribution in [1.29, 1.82) is 0 Å². The van der Waals surface area contributed by atoms with Crippen LogP contribution in [-0.4, -0.2) is 38.8 Å². The lowest BCUT2D eigenvalue weighted by Gasteiger charge is -2.34. The highest BCUT2D eigenvalue weighted by Gasteiger charge is 2.26. The molecule has 0 aliphatic carbocycles. The lowest BCUT2D eigenvalue weighted by atomic mass is 10.0. The molecule has 1 aromatic carbocycles. The number of carbonyl (C=O) groups is 1. The van der Waals surface area contributed by atoms with E-state index in [0.717, 1.165) is 31.6 Å². The van der Waals surface area contributed by atoms with Gasteiger partial charge in [0.2, 0.25) is 0 Å². The maximum absolute atomic E-state index is 12.2. The van der Waals surface area contributed by atoms with Gasteiger partial charge >= 0.3 is 0 Å². The Kier molecular flexibility index (Phi) is 4.73. The van der Waals surface area contributed by atoms with Gasteiger partial charge in [0.15, 0.2) is 0 Å². The van der Waals surface area contributed by atoms with Crippen LogP contribution >= 0.6 is 0 Å². The number of nitrogens with zero attached hydrogens (tertiary/aromatic N) is 1. The van der Waals surface area contributed by atoms with E-state index in [9.17, 15) is 4.79 Å². The quantitative estimate of drug-likeness (QED) is 0.876. The number of hydrogen-bond acceptors (Lipinski definition) is 3. The number of methoxy groups -OCH3 is 1. The summed E-state index contributed by atoms with van der Waals surface area (Å²) < 4.78 is 4.99. The van der Waals surface area contributed by atoms with Crippen LogP contribution in [0.5, 0.6) is 0 Å². The molecule has 0 aromatic heterocycles. The number of carbonyl (C=O) groups excluding carboxylic acids is 1. The van der Waals surface area contributed by atoms with Crippen molar-refractivity contribution in [3.05, 3.63) is 30.3 Å². The Morgan fingerprint density at radius 1 is 1.33 bits per heavy atom. The number of nitrogens with one attached hydrogen (secondary N) is 1. The smallest absolute Gasteiger partial charge is 0.253 e. The van der Waals surface area contributed by atoms with Gasteiger partial charge in [0, 0.05) is 18.8 Å². The van der Waals surface area contributed by atoms with E-state index in [4.69, 9.17) is 4.74 Å². The third kappa shape index (κ3) is 3.09. The van der Waals surface area contributed by atoms with Crippen molar-refractivity contribution in [2.24, 2.45) is 0 Å². The highest BCUT2D eigenvalue weighted by Crippen LogP contribution is 2.21. The van der Waals surface area contributed by atoms with E-state index in [1.807, 2.05) is 35.2 Å². The van der Waals surface area contributed by atoms with E-state index < -0.39 is 0 Å². The van der Waals surface area contributed by atoms with Crippen LogP contribution in [0.2, 0.25) is 0 Å². The van der Waals surface area contributed by atoms with Crippen LogP contribution in [0.1, 0.15) is 12.8 Å². The highest BCUT2D eigenvalue weighted by atomic mass is 16.5. The second-order valence-corrected chi connectivity index (χ2v) is 4.51. The van der Waals surface area contributed by atoms with Crippen molar-refractivity contribution in [1.82, 2.24) is 5.32 Å². The normalized spacial score (nSPS) is 16.5. The fraction of sp³-hybridized carbons (Fsp3) is 0.500. The van der Waals surface area contributed by atoms with Crippen LogP contribution in [0.4, 0.5) is 5.69 Å². The predicted molar refractivity (Wildman–Crippen MR) is 71.7 cm³/mol. The first kappa shape index (κ1) is 13.1. The molecule has 0 radical (unpaired) electrons. The van der Waals surface area contributed by atoms with Crippen LogP contribution < -0.4 is 10.2 Å². The molecule has 1 amide bonds. The second-order valence-electron chi connectivity index (χ2n) is 4.51. The zero-order valence-electron chi connectivity index (χ0n) is 10.8.